The molecule has 2 aliphatic rings. The van der Waals surface area contributed by atoms with Gasteiger partial charge in [0.2, 0.25) is 5.95 Å². The van der Waals surface area contributed by atoms with Gasteiger partial charge in [-0.25, -0.2) is 4.68 Å². The molecule has 0 saturated carbocycles. The number of benzene rings is 1. The largest absolute Gasteiger partial charge is 0.453 e. The van der Waals surface area contributed by atoms with Gasteiger partial charge in [-0.05, 0) is 30.0 Å². The maximum absolute atomic E-state index is 13.1. The maximum Gasteiger partial charge on any atom is 0.453 e. The second kappa shape index (κ2) is 6.24. The fourth-order valence-electron chi connectivity index (χ4n) is 3.52. The molecule has 4 rings (SSSR count). The van der Waals surface area contributed by atoms with Crippen LogP contribution in [-0.4, -0.2) is 20.5 Å². The Bertz CT molecular complexity index is 983. The Balaban J connectivity index is 1.92. The van der Waals surface area contributed by atoms with E-state index in [2.05, 4.69) is 15.4 Å². The Morgan fingerprint density at radius 1 is 1.22 bits per heavy atom. The van der Waals surface area contributed by atoms with Gasteiger partial charge in [0.15, 0.2) is 5.78 Å². The van der Waals surface area contributed by atoms with Gasteiger partial charge in [-0.3, -0.25) is 4.79 Å². The van der Waals surface area contributed by atoms with Crippen LogP contribution in [-0.2, 0) is 11.0 Å². The van der Waals surface area contributed by atoms with Crippen LogP contribution in [0.1, 0.15) is 37.2 Å². The number of alkyl halides is 3. The number of aromatic nitrogens is 3. The van der Waals surface area contributed by atoms with Crippen LogP contribution in [0.3, 0.4) is 0 Å². The van der Waals surface area contributed by atoms with Crippen molar-refractivity contribution in [2.45, 2.75) is 32.0 Å². The lowest BCUT2D eigenvalue weighted by atomic mass is 9.81. The first-order chi connectivity index (χ1) is 12.6. The van der Waals surface area contributed by atoms with Crippen LogP contribution in [0, 0.1) is 5.92 Å². The summed E-state index contributed by atoms with van der Waals surface area (Å²) in [5.74, 6) is -1.38. The van der Waals surface area contributed by atoms with Crippen molar-refractivity contribution in [1.82, 2.24) is 14.8 Å². The quantitative estimate of drug-likeness (QED) is 0.719. The van der Waals surface area contributed by atoms with Crippen molar-refractivity contribution in [2.24, 2.45) is 5.92 Å². The van der Waals surface area contributed by atoms with Gasteiger partial charge in [-0.15, -0.1) is 5.10 Å². The molecule has 142 valence electrons. The molecule has 0 fully saturated rings. The number of nitrogens with one attached hydrogen (secondary N) is 1. The van der Waals surface area contributed by atoms with E-state index in [4.69, 9.17) is 23.2 Å². The van der Waals surface area contributed by atoms with Crippen molar-refractivity contribution < 1.29 is 18.0 Å². The van der Waals surface area contributed by atoms with E-state index < -0.39 is 18.0 Å². The highest BCUT2D eigenvalue weighted by molar-refractivity contribution is 6.42. The van der Waals surface area contributed by atoms with Crippen LogP contribution in [0.15, 0.2) is 29.5 Å². The molecule has 10 heteroatoms. The first-order valence-electron chi connectivity index (χ1n) is 8.17. The Labute approximate surface area is 162 Å². The molecule has 1 aliphatic carbocycles. The molecule has 1 aromatic heterocycles. The predicted molar refractivity (Wildman–Crippen MR) is 93.7 cm³/mol. The van der Waals surface area contributed by atoms with Crippen LogP contribution < -0.4 is 5.32 Å². The summed E-state index contributed by atoms with van der Waals surface area (Å²) in [6.45, 7) is 1.91. The second-order valence-electron chi connectivity index (χ2n) is 6.73. The Morgan fingerprint density at radius 2 is 1.96 bits per heavy atom. The zero-order valence-corrected chi connectivity index (χ0v) is 15.5. The van der Waals surface area contributed by atoms with Gasteiger partial charge in [0.1, 0.15) is 6.04 Å². The van der Waals surface area contributed by atoms with E-state index in [0.717, 1.165) is 4.68 Å². The molecular weight excluding hydrogens is 404 g/mol. The number of Topliss-reactive ketones (excluding diaryl/α,β-unsaturated/α-hetero) is 1. The number of halogens is 5. The first-order valence-corrected chi connectivity index (χ1v) is 8.92. The molecule has 0 spiro atoms. The molecule has 1 aromatic carbocycles. The summed E-state index contributed by atoms with van der Waals surface area (Å²) >= 11 is 12.1. The summed E-state index contributed by atoms with van der Waals surface area (Å²) in [5, 5.41) is 7.05. The monoisotopic (exact) mass is 416 g/mol. The smallest absolute Gasteiger partial charge is 0.328 e. The van der Waals surface area contributed by atoms with E-state index in [1.807, 2.05) is 6.92 Å². The van der Waals surface area contributed by atoms with Crippen molar-refractivity contribution in [2.75, 3.05) is 5.32 Å². The average molecular weight is 417 g/mol. The Kier molecular flexibility index (Phi) is 4.23. The highest BCUT2D eigenvalue weighted by atomic mass is 35.5. The number of carbonyl (C=O) groups excluding carboxylic acids is 1. The molecule has 0 bridgehead atoms. The standard InChI is InChI=1S/C17H13Cl2F3N4O/c1-7-4-11-13(12(27)5-7)14(8-2-3-9(18)10(19)6-8)26-16(23-11)24-15(25-26)17(20,21)22/h2-3,6-7,14H,4-5H2,1H3,(H,23,24,25). The molecule has 2 aromatic rings. The first kappa shape index (κ1) is 18.3. The molecule has 0 radical (unpaired) electrons. The Hall–Kier alpha value is -2.06. The van der Waals surface area contributed by atoms with Crippen molar-refractivity contribution in [1.29, 1.82) is 0 Å². The number of fused-ring (bicyclic) bond motifs is 1. The van der Waals surface area contributed by atoms with Gasteiger partial charge in [-0.2, -0.15) is 18.2 Å². The van der Waals surface area contributed by atoms with Crippen LogP contribution in [0.2, 0.25) is 10.0 Å². The number of ketones is 1. The average Bonchev–Trinajstić information content (AvgIpc) is 2.99. The third-order valence-corrected chi connectivity index (χ3v) is 5.38. The minimum absolute atomic E-state index is 0.0564. The van der Waals surface area contributed by atoms with Gasteiger partial charge >= 0.3 is 6.18 Å². The zero-order valence-electron chi connectivity index (χ0n) is 13.9. The predicted octanol–water partition coefficient (Wildman–Crippen LogP) is 4.87. The summed E-state index contributed by atoms with van der Waals surface area (Å²) in [6.07, 6.45) is -3.85. The zero-order chi connectivity index (χ0) is 19.5. The maximum atomic E-state index is 13.1. The SMILES string of the molecule is CC1CC(=O)C2=C(C1)Nc1nc(C(F)(F)F)nn1C2c1ccc(Cl)c(Cl)c1. The number of carbonyl (C=O) groups is 1. The highest BCUT2D eigenvalue weighted by Gasteiger charge is 2.43. The number of nitrogens with zero attached hydrogens (tertiary/aromatic N) is 3. The molecule has 0 amide bonds. The van der Waals surface area contributed by atoms with Crippen LogP contribution in [0.5, 0.6) is 0 Å². The van der Waals surface area contributed by atoms with E-state index in [1.165, 1.54) is 6.07 Å². The van der Waals surface area contributed by atoms with Gasteiger partial charge in [-0.1, -0.05) is 36.2 Å². The lowest BCUT2D eigenvalue weighted by Crippen LogP contribution is -2.33. The van der Waals surface area contributed by atoms with Crippen LogP contribution in [0.4, 0.5) is 19.1 Å². The molecular formula is C17H13Cl2F3N4O. The third-order valence-electron chi connectivity index (χ3n) is 4.64. The molecule has 1 aliphatic heterocycles. The summed E-state index contributed by atoms with van der Waals surface area (Å²) in [7, 11) is 0. The van der Waals surface area contributed by atoms with Crippen molar-refractivity contribution in [3.05, 3.63) is 50.9 Å². The van der Waals surface area contributed by atoms with Crippen molar-refractivity contribution in [3.8, 4) is 0 Å². The lowest BCUT2D eigenvalue weighted by molar-refractivity contribution is -0.145. The van der Waals surface area contributed by atoms with Gasteiger partial charge < -0.3 is 5.32 Å². The summed E-state index contributed by atoms with van der Waals surface area (Å²) in [5.41, 5.74) is 1.47. The van der Waals surface area contributed by atoms with E-state index in [0.29, 0.717) is 34.7 Å². The molecule has 0 saturated heterocycles. The molecule has 1 N–H and O–H groups in total. The van der Waals surface area contributed by atoms with E-state index in [9.17, 15) is 18.0 Å². The lowest BCUT2D eigenvalue weighted by Gasteiger charge is -2.34. The van der Waals surface area contributed by atoms with Gasteiger partial charge in [0.25, 0.3) is 5.82 Å². The number of anilines is 1. The van der Waals surface area contributed by atoms with Gasteiger partial charge in [0, 0.05) is 17.7 Å². The molecule has 2 unspecified atom stereocenters. The molecule has 27 heavy (non-hydrogen) atoms. The van der Waals surface area contributed by atoms with Crippen LogP contribution in [0.25, 0.3) is 0 Å². The van der Waals surface area contributed by atoms with Crippen LogP contribution >= 0.6 is 23.2 Å². The summed E-state index contributed by atoms with van der Waals surface area (Å²) in [4.78, 5) is 16.3. The minimum atomic E-state index is -4.70. The molecule has 2 atom stereocenters. The van der Waals surface area contributed by atoms with Crippen molar-refractivity contribution in [3.63, 3.8) is 0 Å². The fraction of sp³-hybridized carbons (Fsp3) is 0.353. The summed E-state index contributed by atoms with van der Waals surface area (Å²) in [6, 6.07) is 3.85. The van der Waals surface area contributed by atoms with E-state index in [-0.39, 0.29) is 22.7 Å². The summed E-state index contributed by atoms with van der Waals surface area (Å²) < 4.78 is 40.5. The molecule has 5 nitrogen and oxygen atoms in total. The topological polar surface area (TPSA) is 59.8 Å². The second-order valence-corrected chi connectivity index (χ2v) is 7.55. The van der Waals surface area contributed by atoms with E-state index in [1.54, 1.807) is 12.1 Å². The Morgan fingerprint density at radius 3 is 2.63 bits per heavy atom. The minimum Gasteiger partial charge on any atom is -0.328 e. The number of rotatable bonds is 1. The number of hydrogen-bond donors (Lipinski definition) is 1. The number of allylic oxidation sites excluding steroid dienone is 2. The van der Waals surface area contributed by atoms with Gasteiger partial charge in [0.05, 0.1) is 10.0 Å². The fourth-order valence-corrected chi connectivity index (χ4v) is 3.82. The number of hydrogen-bond acceptors (Lipinski definition) is 4. The highest BCUT2D eigenvalue weighted by Crippen LogP contribution is 2.43. The third kappa shape index (κ3) is 3.10. The normalized spacial score (nSPS) is 22.4. The van der Waals surface area contributed by atoms with E-state index >= 15 is 0 Å². The molecule has 2 heterocycles. The van der Waals surface area contributed by atoms with Crippen molar-refractivity contribution >= 4 is 34.9 Å².